The van der Waals surface area contributed by atoms with Crippen molar-refractivity contribution in [3.05, 3.63) is 54.1 Å². The summed E-state index contributed by atoms with van der Waals surface area (Å²) in [4.78, 5) is 11.2. The standard InChI is InChI=1S/C19H24N2O4/c1-23-18-6-3-2-5-15(18)14-24-11-4-12-25-17-9-7-16(8-10-17)21-19(22)13-20/h2-3,5-10H,4,11-14,20H2,1H3,(H,21,22). The summed E-state index contributed by atoms with van der Waals surface area (Å²) in [6.07, 6.45) is 0.779. The van der Waals surface area contributed by atoms with Crippen LogP contribution in [0.3, 0.4) is 0 Å². The van der Waals surface area contributed by atoms with Crippen molar-refractivity contribution in [2.75, 3.05) is 32.2 Å². The molecule has 0 atom stereocenters. The number of carbonyl (C=O) groups is 1. The minimum absolute atomic E-state index is 0.0346. The first kappa shape index (κ1) is 18.8. The lowest BCUT2D eigenvalue weighted by atomic mass is 10.2. The SMILES string of the molecule is COc1ccccc1COCCCOc1ccc(NC(=O)CN)cc1. The van der Waals surface area contributed by atoms with Crippen molar-refractivity contribution in [1.29, 1.82) is 0 Å². The molecule has 2 rings (SSSR count). The Morgan fingerprint density at radius 1 is 1.08 bits per heavy atom. The predicted molar refractivity (Wildman–Crippen MR) is 96.9 cm³/mol. The van der Waals surface area contributed by atoms with Crippen LogP contribution in [0.4, 0.5) is 5.69 Å². The summed E-state index contributed by atoms with van der Waals surface area (Å²) in [5, 5.41) is 2.68. The number of nitrogens with one attached hydrogen (secondary N) is 1. The number of nitrogens with two attached hydrogens (primary N) is 1. The zero-order valence-corrected chi connectivity index (χ0v) is 14.4. The first-order valence-electron chi connectivity index (χ1n) is 8.15. The Kier molecular flexibility index (Phi) is 7.75. The third-order valence-corrected chi connectivity index (χ3v) is 3.48. The number of hydrogen-bond acceptors (Lipinski definition) is 5. The number of rotatable bonds is 10. The van der Waals surface area contributed by atoms with Crippen molar-refractivity contribution in [3.8, 4) is 11.5 Å². The van der Waals surface area contributed by atoms with E-state index < -0.39 is 0 Å². The van der Waals surface area contributed by atoms with E-state index in [1.165, 1.54) is 0 Å². The topological polar surface area (TPSA) is 82.8 Å². The third-order valence-electron chi connectivity index (χ3n) is 3.48. The van der Waals surface area contributed by atoms with Gasteiger partial charge in [-0.05, 0) is 30.3 Å². The maximum absolute atomic E-state index is 11.2. The third kappa shape index (κ3) is 6.45. The molecule has 2 aromatic rings. The van der Waals surface area contributed by atoms with Gasteiger partial charge < -0.3 is 25.3 Å². The number of anilines is 1. The Bertz CT molecular complexity index is 659. The molecule has 0 heterocycles. The Morgan fingerprint density at radius 2 is 1.84 bits per heavy atom. The average Bonchev–Trinajstić information content (AvgIpc) is 2.66. The first-order chi connectivity index (χ1) is 12.2. The molecule has 0 aliphatic heterocycles. The normalized spacial score (nSPS) is 10.3. The van der Waals surface area contributed by atoms with E-state index in [1.54, 1.807) is 19.2 Å². The van der Waals surface area contributed by atoms with E-state index in [0.717, 1.165) is 23.5 Å². The lowest BCUT2D eigenvalue weighted by Gasteiger charge is -2.10. The highest BCUT2D eigenvalue weighted by Crippen LogP contribution is 2.18. The molecule has 0 aliphatic carbocycles. The maximum Gasteiger partial charge on any atom is 0.238 e. The molecule has 3 N–H and O–H groups in total. The van der Waals surface area contributed by atoms with Crippen LogP contribution in [0.15, 0.2) is 48.5 Å². The van der Waals surface area contributed by atoms with Gasteiger partial charge in [-0.15, -0.1) is 0 Å². The highest BCUT2D eigenvalue weighted by molar-refractivity contribution is 5.92. The number of ether oxygens (including phenoxy) is 3. The van der Waals surface area contributed by atoms with Gasteiger partial charge in [0.15, 0.2) is 0 Å². The molecule has 0 bridgehead atoms. The van der Waals surface area contributed by atoms with Crippen molar-refractivity contribution >= 4 is 11.6 Å². The van der Waals surface area contributed by atoms with E-state index in [2.05, 4.69) is 5.32 Å². The number of benzene rings is 2. The maximum atomic E-state index is 11.2. The molecule has 0 unspecified atom stereocenters. The Hall–Kier alpha value is -2.57. The van der Waals surface area contributed by atoms with Crippen molar-refractivity contribution in [2.45, 2.75) is 13.0 Å². The van der Waals surface area contributed by atoms with Crippen LogP contribution in [-0.4, -0.2) is 32.8 Å². The molecule has 0 aromatic heterocycles. The molecule has 0 saturated heterocycles. The van der Waals surface area contributed by atoms with Crippen molar-refractivity contribution < 1.29 is 19.0 Å². The Balaban J connectivity index is 1.63. The fourth-order valence-corrected chi connectivity index (χ4v) is 2.20. The van der Waals surface area contributed by atoms with Gasteiger partial charge in [-0.2, -0.15) is 0 Å². The number of methoxy groups -OCH3 is 1. The number of hydrogen-bond donors (Lipinski definition) is 2. The van der Waals surface area contributed by atoms with Crippen LogP contribution in [-0.2, 0) is 16.1 Å². The van der Waals surface area contributed by atoms with Crippen LogP contribution in [0.25, 0.3) is 0 Å². The molecule has 6 nitrogen and oxygen atoms in total. The van der Waals surface area contributed by atoms with E-state index in [9.17, 15) is 4.79 Å². The molecule has 0 saturated carbocycles. The van der Waals surface area contributed by atoms with Gasteiger partial charge >= 0.3 is 0 Å². The van der Waals surface area contributed by atoms with Crippen LogP contribution < -0.4 is 20.5 Å². The molecule has 2 aromatic carbocycles. The molecule has 0 aliphatic rings. The Morgan fingerprint density at radius 3 is 2.56 bits per heavy atom. The smallest absolute Gasteiger partial charge is 0.238 e. The minimum Gasteiger partial charge on any atom is -0.496 e. The van der Waals surface area contributed by atoms with Crippen molar-refractivity contribution in [3.63, 3.8) is 0 Å². The fraction of sp³-hybridized carbons (Fsp3) is 0.316. The van der Waals surface area contributed by atoms with Gasteiger partial charge in [-0.3, -0.25) is 4.79 Å². The summed E-state index contributed by atoms with van der Waals surface area (Å²) < 4.78 is 16.6. The van der Waals surface area contributed by atoms with E-state index in [4.69, 9.17) is 19.9 Å². The molecular formula is C19H24N2O4. The lowest BCUT2D eigenvalue weighted by molar-refractivity contribution is -0.114. The first-order valence-corrected chi connectivity index (χ1v) is 8.15. The van der Waals surface area contributed by atoms with Crippen molar-refractivity contribution in [1.82, 2.24) is 0 Å². The summed E-state index contributed by atoms with van der Waals surface area (Å²) in [5.74, 6) is 1.36. The van der Waals surface area contributed by atoms with E-state index in [0.29, 0.717) is 25.5 Å². The van der Waals surface area contributed by atoms with E-state index in [-0.39, 0.29) is 12.5 Å². The lowest BCUT2D eigenvalue weighted by Crippen LogP contribution is -2.21. The molecule has 6 heteroatoms. The van der Waals surface area contributed by atoms with Crippen LogP contribution in [0.2, 0.25) is 0 Å². The molecule has 134 valence electrons. The molecular weight excluding hydrogens is 320 g/mol. The molecule has 1 amide bonds. The number of carbonyl (C=O) groups excluding carboxylic acids is 1. The van der Waals surface area contributed by atoms with Gasteiger partial charge in [0.25, 0.3) is 0 Å². The van der Waals surface area contributed by atoms with E-state index in [1.807, 2.05) is 36.4 Å². The second-order valence-electron chi connectivity index (χ2n) is 5.34. The molecule has 0 fully saturated rings. The zero-order valence-electron chi connectivity index (χ0n) is 14.4. The summed E-state index contributed by atoms with van der Waals surface area (Å²) in [6, 6.07) is 15.0. The van der Waals surface area contributed by atoms with Gasteiger partial charge in [0.1, 0.15) is 11.5 Å². The summed E-state index contributed by atoms with van der Waals surface area (Å²) in [7, 11) is 1.65. The summed E-state index contributed by atoms with van der Waals surface area (Å²) in [5.41, 5.74) is 6.98. The number of para-hydroxylation sites is 1. The van der Waals surface area contributed by atoms with Gasteiger partial charge in [0, 0.05) is 17.7 Å². The quantitative estimate of drug-likeness (QED) is 0.647. The predicted octanol–water partition coefficient (Wildman–Crippen LogP) is 2.58. The summed E-state index contributed by atoms with van der Waals surface area (Å²) in [6.45, 7) is 1.63. The minimum atomic E-state index is -0.221. The highest BCUT2D eigenvalue weighted by atomic mass is 16.5. The Labute approximate surface area is 147 Å². The van der Waals surface area contributed by atoms with Gasteiger partial charge in [-0.25, -0.2) is 0 Å². The van der Waals surface area contributed by atoms with Gasteiger partial charge in [0.05, 0.1) is 33.5 Å². The van der Waals surface area contributed by atoms with Crippen LogP contribution in [0.5, 0.6) is 11.5 Å². The van der Waals surface area contributed by atoms with Crippen molar-refractivity contribution in [2.24, 2.45) is 5.73 Å². The van der Waals surface area contributed by atoms with Gasteiger partial charge in [0.2, 0.25) is 5.91 Å². The zero-order chi connectivity index (χ0) is 17.9. The summed E-state index contributed by atoms with van der Waals surface area (Å²) >= 11 is 0. The molecule has 0 spiro atoms. The largest absolute Gasteiger partial charge is 0.496 e. The van der Waals surface area contributed by atoms with Crippen LogP contribution >= 0.6 is 0 Å². The van der Waals surface area contributed by atoms with Crippen LogP contribution in [0.1, 0.15) is 12.0 Å². The number of amides is 1. The van der Waals surface area contributed by atoms with E-state index >= 15 is 0 Å². The second kappa shape index (κ2) is 10.3. The highest BCUT2D eigenvalue weighted by Gasteiger charge is 2.02. The monoisotopic (exact) mass is 344 g/mol. The van der Waals surface area contributed by atoms with Crippen LogP contribution in [0, 0.1) is 0 Å². The fourth-order valence-electron chi connectivity index (χ4n) is 2.20. The second-order valence-corrected chi connectivity index (χ2v) is 5.34. The van der Waals surface area contributed by atoms with Gasteiger partial charge in [-0.1, -0.05) is 18.2 Å². The molecule has 25 heavy (non-hydrogen) atoms. The molecule has 0 radical (unpaired) electrons. The average molecular weight is 344 g/mol.